The molecule has 138 valence electrons. The highest BCUT2D eigenvalue weighted by Crippen LogP contribution is 2.25. The molecule has 0 radical (unpaired) electrons. The lowest BCUT2D eigenvalue weighted by Crippen LogP contribution is -2.41. The summed E-state index contributed by atoms with van der Waals surface area (Å²) in [5.41, 5.74) is 1.76. The Morgan fingerprint density at radius 1 is 1.12 bits per heavy atom. The van der Waals surface area contributed by atoms with E-state index in [1.807, 2.05) is 31.2 Å². The van der Waals surface area contributed by atoms with Gasteiger partial charge in [-0.25, -0.2) is 8.42 Å². The van der Waals surface area contributed by atoms with Crippen LogP contribution in [-0.4, -0.2) is 31.7 Å². The van der Waals surface area contributed by atoms with Crippen molar-refractivity contribution in [3.05, 3.63) is 58.6 Å². The third-order valence-electron chi connectivity index (χ3n) is 4.58. The van der Waals surface area contributed by atoms with Crippen LogP contribution >= 0.6 is 15.9 Å². The molecule has 0 saturated carbocycles. The molecule has 0 atom stereocenters. The van der Waals surface area contributed by atoms with Gasteiger partial charge >= 0.3 is 0 Å². The second-order valence-corrected chi connectivity index (χ2v) is 9.34. The maximum Gasteiger partial charge on any atom is 0.243 e. The van der Waals surface area contributed by atoms with Crippen LogP contribution in [0.25, 0.3) is 0 Å². The van der Waals surface area contributed by atoms with Gasteiger partial charge in [-0.3, -0.25) is 4.79 Å². The second kappa shape index (κ2) is 7.90. The van der Waals surface area contributed by atoms with Crippen LogP contribution in [0.3, 0.4) is 0 Å². The summed E-state index contributed by atoms with van der Waals surface area (Å²) < 4.78 is 27.8. The topological polar surface area (TPSA) is 66.5 Å². The number of nitrogens with zero attached hydrogens (tertiary/aromatic N) is 1. The first kappa shape index (κ1) is 19.1. The molecule has 1 fully saturated rings. The molecule has 5 nitrogen and oxygen atoms in total. The Labute approximate surface area is 162 Å². The SMILES string of the molecule is Cc1ccc(S(=O)(=O)N2CCC(C(=O)Nc3cccc(Br)c3)CC2)cc1. The van der Waals surface area contributed by atoms with Crippen molar-refractivity contribution >= 4 is 37.5 Å². The maximum atomic E-state index is 12.7. The van der Waals surface area contributed by atoms with Gasteiger partial charge in [0, 0.05) is 29.2 Å². The number of halogens is 1. The van der Waals surface area contributed by atoms with Gasteiger partial charge in [0.2, 0.25) is 15.9 Å². The zero-order valence-corrected chi connectivity index (χ0v) is 16.9. The number of aryl methyl sites for hydroxylation is 1. The average Bonchev–Trinajstić information content (AvgIpc) is 2.62. The molecule has 7 heteroatoms. The average molecular weight is 437 g/mol. The van der Waals surface area contributed by atoms with Crippen LogP contribution in [0.15, 0.2) is 57.9 Å². The van der Waals surface area contributed by atoms with Crippen molar-refractivity contribution in [1.29, 1.82) is 0 Å². The Morgan fingerprint density at radius 2 is 1.77 bits per heavy atom. The van der Waals surface area contributed by atoms with E-state index >= 15 is 0 Å². The molecule has 1 amide bonds. The quantitative estimate of drug-likeness (QED) is 0.792. The molecule has 0 aromatic heterocycles. The molecule has 2 aromatic carbocycles. The lowest BCUT2D eigenvalue weighted by Gasteiger charge is -2.30. The van der Waals surface area contributed by atoms with Crippen molar-refractivity contribution in [3.63, 3.8) is 0 Å². The Balaban J connectivity index is 1.61. The molecule has 1 saturated heterocycles. The number of nitrogens with one attached hydrogen (secondary N) is 1. The largest absolute Gasteiger partial charge is 0.326 e. The first-order chi connectivity index (χ1) is 12.4. The summed E-state index contributed by atoms with van der Waals surface area (Å²) in [4.78, 5) is 12.8. The molecule has 1 heterocycles. The summed E-state index contributed by atoms with van der Waals surface area (Å²) in [5, 5.41) is 2.91. The molecule has 1 aliphatic heterocycles. The van der Waals surface area contributed by atoms with Crippen LogP contribution in [0.2, 0.25) is 0 Å². The van der Waals surface area contributed by atoms with Crippen molar-refractivity contribution in [1.82, 2.24) is 4.31 Å². The monoisotopic (exact) mass is 436 g/mol. The van der Waals surface area contributed by atoms with E-state index in [4.69, 9.17) is 0 Å². The maximum absolute atomic E-state index is 12.7. The number of sulfonamides is 1. The van der Waals surface area contributed by atoms with E-state index in [0.29, 0.717) is 30.8 Å². The Bertz CT molecular complexity index is 889. The van der Waals surface area contributed by atoms with Gasteiger partial charge in [-0.1, -0.05) is 39.7 Å². The predicted octanol–water partition coefficient (Wildman–Crippen LogP) is 3.80. The lowest BCUT2D eigenvalue weighted by atomic mass is 9.97. The van der Waals surface area contributed by atoms with Crippen LogP contribution in [0.5, 0.6) is 0 Å². The predicted molar refractivity (Wildman–Crippen MR) is 105 cm³/mol. The summed E-state index contributed by atoms with van der Waals surface area (Å²) in [6.45, 7) is 2.63. The van der Waals surface area contributed by atoms with Crippen LogP contribution in [-0.2, 0) is 14.8 Å². The lowest BCUT2D eigenvalue weighted by molar-refractivity contribution is -0.120. The standard InChI is InChI=1S/C19H21BrN2O3S/c1-14-5-7-18(8-6-14)26(24,25)22-11-9-15(10-12-22)19(23)21-17-4-2-3-16(20)13-17/h2-8,13,15H,9-12H2,1H3,(H,21,23). The minimum Gasteiger partial charge on any atom is -0.326 e. The second-order valence-electron chi connectivity index (χ2n) is 6.49. The third kappa shape index (κ3) is 4.34. The summed E-state index contributed by atoms with van der Waals surface area (Å²) in [5.74, 6) is -0.242. The van der Waals surface area contributed by atoms with E-state index in [0.717, 1.165) is 15.7 Å². The normalized spacial score (nSPS) is 16.4. The van der Waals surface area contributed by atoms with Crippen molar-refractivity contribution in [2.75, 3.05) is 18.4 Å². The number of carbonyl (C=O) groups excluding carboxylic acids is 1. The molecule has 2 aromatic rings. The highest BCUT2D eigenvalue weighted by Gasteiger charge is 2.32. The van der Waals surface area contributed by atoms with E-state index < -0.39 is 10.0 Å². The van der Waals surface area contributed by atoms with E-state index in [1.165, 1.54) is 4.31 Å². The van der Waals surface area contributed by atoms with E-state index in [-0.39, 0.29) is 11.8 Å². The molecule has 1 N–H and O–H groups in total. The molecule has 0 aliphatic carbocycles. The molecule has 0 bridgehead atoms. The van der Waals surface area contributed by atoms with Gasteiger partial charge in [-0.2, -0.15) is 4.31 Å². The molecule has 1 aliphatic rings. The zero-order valence-electron chi connectivity index (χ0n) is 14.5. The first-order valence-corrected chi connectivity index (χ1v) is 10.7. The third-order valence-corrected chi connectivity index (χ3v) is 6.98. The van der Waals surface area contributed by atoms with Gasteiger partial charge in [-0.05, 0) is 50.1 Å². The van der Waals surface area contributed by atoms with Crippen LogP contribution in [0, 0.1) is 12.8 Å². The van der Waals surface area contributed by atoms with Crippen LogP contribution in [0.1, 0.15) is 18.4 Å². The number of hydrogen-bond acceptors (Lipinski definition) is 3. The Hall–Kier alpha value is -1.70. The summed E-state index contributed by atoms with van der Waals surface area (Å²) in [6.07, 6.45) is 1.04. The van der Waals surface area contributed by atoms with Gasteiger partial charge in [0.05, 0.1) is 4.90 Å². The Morgan fingerprint density at radius 3 is 2.38 bits per heavy atom. The fourth-order valence-electron chi connectivity index (χ4n) is 3.03. The van der Waals surface area contributed by atoms with Gasteiger partial charge < -0.3 is 5.32 Å². The molecule has 0 spiro atoms. The van der Waals surface area contributed by atoms with Crippen molar-refractivity contribution < 1.29 is 13.2 Å². The fraction of sp³-hybridized carbons (Fsp3) is 0.316. The molecule has 3 rings (SSSR count). The number of hydrogen-bond donors (Lipinski definition) is 1. The number of amides is 1. The highest BCUT2D eigenvalue weighted by atomic mass is 79.9. The van der Waals surface area contributed by atoms with Crippen molar-refractivity contribution in [2.45, 2.75) is 24.7 Å². The van der Waals surface area contributed by atoms with E-state index in [1.54, 1.807) is 24.3 Å². The highest BCUT2D eigenvalue weighted by molar-refractivity contribution is 9.10. The molecular formula is C19H21BrN2O3S. The fourth-order valence-corrected chi connectivity index (χ4v) is 4.90. The van der Waals surface area contributed by atoms with E-state index in [2.05, 4.69) is 21.2 Å². The van der Waals surface area contributed by atoms with Gasteiger partial charge in [0.1, 0.15) is 0 Å². The number of piperidine rings is 1. The summed E-state index contributed by atoms with van der Waals surface area (Å²) in [6, 6.07) is 14.3. The van der Waals surface area contributed by atoms with Gasteiger partial charge in [-0.15, -0.1) is 0 Å². The number of benzene rings is 2. The van der Waals surface area contributed by atoms with Crippen LogP contribution < -0.4 is 5.32 Å². The summed E-state index contributed by atoms with van der Waals surface area (Å²) >= 11 is 3.38. The first-order valence-electron chi connectivity index (χ1n) is 8.49. The van der Waals surface area contributed by atoms with Crippen molar-refractivity contribution in [3.8, 4) is 0 Å². The van der Waals surface area contributed by atoms with Crippen molar-refractivity contribution in [2.24, 2.45) is 5.92 Å². The minimum absolute atomic E-state index is 0.0597. The minimum atomic E-state index is -3.50. The zero-order chi connectivity index (χ0) is 18.7. The molecular weight excluding hydrogens is 416 g/mol. The van der Waals surface area contributed by atoms with Gasteiger partial charge in [0.15, 0.2) is 0 Å². The molecule has 0 unspecified atom stereocenters. The smallest absolute Gasteiger partial charge is 0.243 e. The number of rotatable bonds is 4. The van der Waals surface area contributed by atoms with Crippen LogP contribution in [0.4, 0.5) is 5.69 Å². The number of carbonyl (C=O) groups is 1. The summed E-state index contributed by atoms with van der Waals surface area (Å²) in [7, 11) is -3.50. The van der Waals surface area contributed by atoms with Gasteiger partial charge in [0.25, 0.3) is 0 Å². The number of anilines is 1. The van der Waals surface area contributed by atoms with E-state index in [9.17, 15) is 13.2 Å². The molecule has 26 heavy (non-hydrogen) atoms. The Kier molecular flexibility index (Phi) is 5.79.